The second kappa shape index (κ2) is 7.65. The quantitative estimate of drug-likeness (QED) is 0.894. The van der Waals surface area contributed by atoms with Crippen molar-refractivity contribution in [3.8, 4) is 5.88 Å². The lowest BCUT2D eigenvalue weighted by Gasteiger charge is -2.33. The van der Waals surface area contributed by atoms with E-state index in [4.69, 9.17) is 9.26 Å². The fourth-order valence-corrected chi connectivity index (χ4v) is 3.17. The van der Waals surface area contributed by atoms with Crippen LogP contribution in [0.3, 0.4) is 0 Å². The van der Waals surface area contributed by atoms with Crippen LogP contribution in [0.2, 0.25) is 0 Å². The van der Waals surface area contributed by atoms with Crippen molar-refractivity contribution >= 4 is 5.91 Å². The van der Waals surface area contributed by atoms with Crippen molar-refractivity contribution < 1.29 is 14.1 Å². The molecular formula is C18H24N4O3. The molecule has 0 unspecified atom stereocenters. The number of likely N-dealkylation sites (tertiary alicyclic amines) is 1. The maximum atomic E-state index is 12.4. The highest BCUT2D eigenvalue weighted by Gasteiger charge is 2.23. The summed E-state index contributed by atoms with van der Waals surface area (Å²) in [5, 5.41) is 7.13. The number of nitrogens with zero attached hydrogens (tertiary/aromatic N) is 3. The van der Waals surface area contributed by atoms with E-state index in [0.717, 1.165) is 49.5 Å². The monoisotopic (exact) mass is 344 g/mol. The van der Waals surface area contributed by atoms with E-state index in [0.29, 0.717) is 11.4 Å². The Morgan fingerprint density at radius 3 is 2.92 bits per heavy atom. The van der Waals surface area contributed by atoms with Gasteiger partial charge in [-0.15, -0.1) is 0 Å². The Kier molecular flexibility index (Phi) is 5.33. The molecule has 1 fully saturated rings. The highest BCUT2D eigenvalue weighted by atomic mass is 16.5. The summed E-state index contributed by atoms with van der Waals surface area (Å²) in [6, 6.07) is 3.55. The predicted molar refractivity (Wildman–Crippen MR) is 92.5 cm³/mol. The molecule has 2 aromatic rings. The van der Waals surface area contributed by atoms with Crippen LogP contribution in [-0.2, 0) is 6.54 Å². The summed E-state index contributed by atoms with van der Waals surface area (Å²) in [6.07, 6.45) is 3.57. The van der Waals surface area contributed by atoms with E-state index in [2.05, 4.69) is 20.4 Å². The number of carbonyl (C=O) groups excluding carboxylic acids is 1. The first kappa shape index (κ1) is 17.4. The van der Waals surface area contributed by atoms with Crippen LogP contribution in [-0.4, -0.2) is 47.2 Å². The third-order valence-corrected chi connectivity index (χ3v) is 4.61. The van der Waals surface area contributed by atoms with Crippen LogP contribution < -0.4 is 10.1 Å². The largest absolute Gasteiger partial charge is 0.481 e. The number of piperidine rings is 1. The number of pyridine rings is 1. The van der Waals surface area contributed by atoms with Crippen molar-refractivity contribution in [2.75, 3.05) is 20.2 Å². The fraction of sp³-hybridized carbons (Fsp3) is 0.500. The Morgan fingerprint density at radius 2 is 2.28 bits per heavy atom. The number of aromatic nitrogens is 2. The highest BCUT2D eigenvalue weighted by molar-refractivity contribution is 5.94. The maximum Gasteiger partial charge on any atom is 0.253 e. The number of ether oxygens (including phenoxy) is 1. The minimum atomic E-state index is -0.0978. The molecule has 3 rings (SSSR count). The molecular weight excluding hydrogens is 320 g/mol. The summed E-state index contributed by atoms with van der Waals surface area (Å²) in [5.74, 6) is 1.27. The SMILES string of the molecule is COc1ccc(C(=O)N[C@@H]2CCCN(Cc3c(C)noc3C)C2)cn1. The van der Waals surface area contributed by atoms with Gasteiger partial charge in [-0.1, -0.05) is 5.16 Å². The molecule has 7 heteroatoms. The Labute approximate surface area is 147 Å². The second-order valence-corrected chi connectivity index (χ2v) is 6.44. The molecule has 3 heterocycles. The summed E-state index contributed by atoms with van der Waals surface area (Å²) in [6.45, 7) is 6.54. The van der Waals surface area contributed by atoms with Gasteiger partial charge in [0.1, 0.15) is 5.76 Å². The molecule has 7 nitrogen and oxygen atoms in total. The fourth-order valence-electron chi connectivity index (χ4n) is 3.17. The summed E-state index contributed by atoms with van der Waals surface area (Å²) < 4.78 is 10.3. The Hall–Kier alpha value is -2.41. The van der Waals surface area contributed by atoms with Gasteiger partial charge in [0.25, 0.3) is 5.91 Å². The highest BCUT2D eigenvalue weighted by Crippen LogP contribution is 2.19. The van der Waals surface area contributed by atoms with E-state index in [9.17, 15) is 4.79 Å². The zero-order valence-corrected chi connectivity index (χ0v) is 14.9. The van der Waals surface area contributed by atoms with Crippen molar-refractivity contribution in [2.45, 2.75) is 39.3 Å². The number of aryl methyl sites for hydroxylation is 2. The number of methoxy groups -OCH3 is 1. The van der Waals surface area contributed by atoms with Crippen LogP contribution in [0.4, 0.5) is 0 Å². The van der Waals surface area contributed by atoms with Crippen molar-refractivity contribution in [3.05, 3.63) is 40.9 Å². The number of rotatable bonds is 5. The van der Waals surface area contributed by atoms with E-state index in [1.165, 1.54) is 0 Å². The topological polar surface area (TPSA) is 80.5 Å². The molecule has 1 aliphatic rings. The predicted octanol–water partition coefficient (Wildman–Crippen LogP) is 2.09. The van der Waals surface area contributed by atoms with Crippen LogP contribution in [0.1, 0.15) is 40.2 Å². The molecule has 1 N–H and O–H groups in total. The summed E-state index contributed by atoms with van der Waals surface area (Å²) in [7, 11) is 1.55. The van der Waals surface area contributed by atoms with Crippen LogP contribution in [0, 0.1) is 13.8 Å². The van der Waals surface area contributed by atoms with E-state index < -0.39 is 0 Å². The van der Waals surface area contributed by atoms with Crippen LogP contribution in [0.15, 0.2) is 22.9 Å². The van der Waals surface area contributed by atoms with E-state index in [1.807, 2.05) is 13.8 Å². The van der Waals surface area contributed by atoms with Crippen molar-refractivity contribution in [2.24, 2.45) is 0 Å². The van der Waals surface area contributed by atoms with Crippen molar-refractivity contribution in [1.82, 2.24) is 20.4 Å². The molecule has 25 heavy (non-hydrogen) atoms. The molecule has 0 saturated carbocycles. The van der Waals surface area contributed by atoms with Crippen molar-refractivity contribution in [1.29, 1.82) is 0 Å². The number of carbonyl (C=O) groups is 1. The molecule has 2 aromatic heterocycles. The number of nitrogens with one attached hydrogen (secondary N) is 1. The minimum Gasteiger partial charge on any atom is -0.481 e. The van der Waals surface area contributed by atoms with E-state index in [-0.39, 0.29) is 11.9 Å². The number of hydrogen-bond acceptors (Lipinski definition) is 6. The molecule has 0 spiro atoms. The smallest absolute Gasteiger partial charge is 0.253 e. The molecule has 0 aromatic carbocycles. The van der Waals surface area contributed by atoms with Gasteiger partial charge in [0.05, 0.1) is 18.4 Å². The van der Waals surface area contributed by atoms with E-state index in [1.54, 1.807) is 25.4 Å². The van der Waals surface area contributed by atoms with Gasteiger partial charge in [-0.2, -0.15) is 0 Å². The molecule has 1 atom stereocenters. The van der Waals surface area contributed by atoms with Gasteiger partial charge in [-0.05, 0) is 39.3 Å². The third kappa shape index (κ3) is 4.17. The zero-order chi connectivity index (χ0) is 17.8. The Morgan fingerprint density at radius 1 is 1.44 bits per heavy atom. The summed E-state index contributed by atoms with van der Waals surface area (Å²) >= 11 is 0. The summed E-state index contributed by atoms with van der Waals surface area (Å²) in [5.41, 5.74) is 2.63. The van der Waals surface area contributed by atoms with Gasteiger partial charge in [0.2, 0.25) is 5.88 Å². The zero-order valence-electron chi connectivity index (χ0n) is 14.9. The molecule has 134 valence electrons. The lowest BCUT2D eigenvalue weighted by Crippen LogP contribution is -2.47. The summed E-state index contributed by atoms with van der Waals surface area (Å²) in [4.78, 5) is 18.8. The molecule has 1 aliphatic heterocycles. The Balaban J connectivity index is 1.58. The average molecular weight is 344 g/mol. The van der Waals surface area contributed by atoms with Gasteiger partial charge >= 0.3 is 0 Å². The normalized spacial score (nSPS) is 18.1. The maximum absolute atomic E-state index is 12.4. The average Bonchev–Trinajstić information content (AvgIpc) is 2.94. The molecule has 1 amide bonds. The van der Waals surface area contributed by atoms with Gasteiger partial charge in [0, 0.05) is 37.0 Å². The molecule has 1 saturated heterocycles. The van der Waals surface area contributed by atoms with Gasteiger partial charge in [-0.25, -0.2) is 4.98 Å². The lowest BCUT2D eigenvalue weighted by molar-refractivity contribution is 0.0900. The standard InChI is InChI=1S/C18H24N4O3/c1-12-16(13(2)25-21-12)11-22-8-4-5-15(10-22)20-18(23)14-6-7-17(24-3)19-9-14/h6-7,9,15H,4-5,8,10-11H2,1-3H3,(H,20,23)/t15-/m1/s1. The molecule has 0 aliphatic carbocycles. The van der Waals surface area contributed by atoms with Crippen LogP contribution >= 0.6 is 0 Å². The molecule has 0 radical (unpaired) electrons. The third-order valence-electron chi connectivity index (χ3n) is 4.61. The minimum absolute atomic E-state index is 0.0978. The Bertz CT molecular complexity index is 707. The van der Waals surface area contributed by atoms with Gasteiger partial charge < -0.3 is 14.6 Å². The van der Waals surface area contributed by atoms with Crippen molar-refractivity contribution in [3.63, 3.8) is 0 Å². The van der Waals surface area contributed by atoms with Crippen LogP contribution in [0.5, 0.6) is 5.88 Å². The number of amides is 1. The van der Waals surface area contributed by atoms with E-state index >= 15 is 0 Å². The first-order valence-corrected chi connectivity index (χ1v) is 8.52. The van der Waals surface area contributed by atoms with Gasteiger partial charge in [-0.3, -0.25) is 9.69 Å². The first-order chi connectivity index (χ1) is 12.1. The molecule has 0 bridgehead atoms. The van der Waals surface area contributed by atoms with Crippen LogP contribution in [0.25, 0.3) is 0 Å². The lowest BCUT2D eigenvalue weighted by atomic mass is 10.0. The van der Waals surface area contributed by atoms with Gasteiger partial charge in [0.15, 0.2) is 0 Å². The number of hydrogen-bond donors (Lipinski definition) is 1. The second-order valence-electron chi connectivity index (χ2n) is 6.44. The first-order valence-electron chi connectivity index (χ1n) is 8.52.